The van der Waals surface area contributed by atoms with E-state index in [4.69, 9.17) is 6.42 Å². The molecule has 4 aromatic rings. The van der Waals surface area contributed by atoms with Crippen molar-refractivity contribution in [2.45, 2.75) is 6.92 Å². The number of benzene rings is 2. The van der Waals surface area contributed by atoms with Crippen LogP contribution in [0.2, 0.25) is 0 Å². The van der Waals surface area contributed by atoms with Crippen LogP contribution in [-0.4, -0.2) is 14.5 Å². The van der Waals surface area contributed by atoms with Gasteiger partial charge in [0.2, 0.25) is 0 Å². The fourth-order valence-electron chi connectivity index (χ4n) is 3.05. The molecule has 0 bridgehead atoms. The monoisotopic (exact) mass is 381 g/mol. The van der Waals surface area contributed by atoms with Crippen molar-refractivity contribution in [1.29, 1.82) is 0 Å². The van der Waals surface area contributed by atoms with Crippen molar-refractivity contribution in [3.8, 4) is 18.0 Å². The average molecular weight is 381 g/mol. The maximum Gasteiger partial charge on any atom is 0.267 e. The lowest BCUT2D eigenvalue weighted by atomic mass is 10.1. The smallest absolute Gasteiger partial charge is 0.267 e. The zero-order valence-electron chi connectivity index (χ0n) is 15.6. The summed E-state index contributed by atoms with van der Waals surface area (Å²) in [4.78, 5) is 21.9. The molecule has 29 heavy (non-hydrogen) atoms. The van der Waals surface area contributed by atoms with Crippen LogP contribution in [0, 0.1) is 25.1 Å². The normalized spacial score (nSPS) is 11.1. The Morgan fingerprint density at radius 3 is 2.62 bits per heavy atom. The summed E-state index contributed by atoms with van der Waals surface area (Å²) < 4.78 is 15.0. The van der Waals surface area contributed by atoms with Gasteiger partial charge in [-0.1, -0.05) is 18.1 Å². The molecule has 0 amide bonds. The molecule has 4 rings (SSSR count). The van der Waals surface area contributed by atoms with Gasteiger partial charge in [-0.3, -0.25) is 9.36 Å². The number of halogens is 1. The van der Waals surface area contributed by atoms with Crippen LogP contribution in [0.5, 0.6) is 0 Å². The molecule has 0 radical (unpaired) electrons. The van der Waals surface area contributed by atoms with Gasteiger partial charge in [0, 0.05) is 11.8 Å². The summed E-state index contributed by atoms with van der Waals surface area (Å²) in [5.74, 6) is 2.71. The molecule has 0 spiro atoms. The van der Waals surface area contributed by atoms with Gasteiger partial charge in [-0.2, -0.15) is 0 Å². The summed E-state index contributed by atoms with van der Waals surface area (Å²) in [5.41, 5.74) is 2.84. The fraction of sp³-hybridized carbons (Fsp3) is 0.0417. The first-order chi connectivity index (χ1) is 14.1. The Hall–Kier alpha value is -4.04. The molecule has 2 heterocycles. The maximum absolute atomic E-state index is 13.5. The minimum atomic E-state index is -0.263. The number of hydrogen-bond acceptors (Lipinski definition) is 3. The zero-order valence-corrected chi connectivity index (χ0v) is 15.6. The standard InChI is InChI=1S/C24H16FN3O/c1-3-17-6-10-19(11-7-17)28-22(13-9-18-8-12-21(25)16(2)15-18)27-23-20(24(28)29)5-4-14-26-23/h1,4-15H,2H3/b13-9+. The molecule has 0 aliphatic carbocycles. The van der Waals surface area contributed by atoms with E-state index in [1.54, 1.807) is 73.8 Å². The number of hydrogen-bond donors (Lipinski definition) is 0. The van der Waals surface area contributed by atoms with Gasteiger partial charge in [0.05, 0.1) is 11.1 Å². The largest absolute Gasteiger partial charge is 0.268 e. The highest BCUT2D eigenvalue weighted by atomic mass is 19.1. The zero-order chi connectivity index (χ0) is 20.4. The molecular formula is C24H16FN3O. The first-order valence-corrected chi connectivity index (χ1v) is 8.96. The lowest BCUT2D eigenvalue weighted by molar-refractivity contribution is 0.618. The van der Waals surface area contributed by atoms with Gasteiger partial charge in [0.15, 0.2) is 5.65 Å². The highest BCUT2D eigenvalue weighted by Crippen LogP contribution is 2.16. The van der Waals surface area contributed by atoms with Crippen LogP contribution in [0.3, 0.4) is 0 Å². The van der Waals surface area contributed by atoms with Crippen molar-refractivity contribution in [1.82, 2.24) is 14.5 Å². The van der Waals surface area contributed by atoms with Gasteiger partial charge in [-0.25, -0.2) is 14.4 Å². The summed E-state index contributed by atoms with van der Waals surface area (Å²) in [6.45, 7) is 1.70. The molecule has 2 aromatic carbocycles. The predicted molar refractivity (Wildman–Crippen MR) is 113 cm³/mol. The van der Waals surface area contributed by atoms with Crippen molar-refractivity contribution in [3.05, 3.63) is 99.5 Å². The van der Waals surface area contributed by atoms with Crippen molar-refractivity contribution < 1.29 is 4.39 Å². The van der Waals surface area contributed by atoms with E-state index >= 15 is 0 Å². The second kappa shape index (κ2) is 7.53. The average Bonchev–Trinajstić information content (AvgIpc) is 2.75. The SMILES string of the molecule is C#Cc1ccc(-n2c(/C=C/c3ccc(F)c(C)c3)nc3ncccc3c2=O)cc1. The van der Waals surface area contributed by atoms with E-state index in [9.17, 15) is 9.18 Å². The number of aromatic nitrogens is 3. The van der Waals surface area contributed by atoms with Crippen LogP contribution in [-0.2, 0) is 0 Å². The van der Waals surface area contributed by atoms with Crippen molar-refractivity contribution in [2.75, 3.05) is 0 Å². The predicted octanol–water partition coefficient (Wildman–Crippen LogP) is 4.38. The van der Waals surface area contributed by atoms with Crippen LogP contribution in [0.15, 0.2) is 65.6 Å². The lowest BCUT2D eigenvalue weighted by Gasteiger charge is -2.11. The number of fused-ring (bicyclic) bond motifs is 1. The highest BCUT2D eigenvalue weighted by molar-refractivity contribution is 5.77. The van der Waals surface area contributed by atoms with Crippen LogP contribution < -0.4 is 5.56 Å². The van der Waals surface area contributed by atoms with Gasteiger partial charge < -0.3 is 0 Å². The summed E-state index contributed by atoms with van der Waals surface area (Å²) >= 11 is 0. The summed E-state index contributed by atoms with van der Waals surface area (Å²) in [5, 5.41) is 0.420. The molecular weight excluding hydrogens is 365 g/mol. The lowest BCUT2D eigenvalue weighted by Crippen LogP contribution is -2.22. The molecule has 0 N–H and O–H groups in total. The van der Waals surface area contributed by atoms with E-state index in [2.05, 4.69) is 15.9 Å². The van der Waals surface area contributed by atoms with Crippen molar-refractivity contribution >= 4 is 23.2 Å². The molecule has 0 aliphatic rings. The first-order valence-electron chi connectivity index (χ1n) is 8.96. The Labute approximate surface area is 167 Å². The Balaban J connectivity index is 1.91. The van der Waals surface area contributed by atoms with E-state index < -0.39 is 0 Å². The minimum absolute atomic E-state index is 0.230. The third-order valence-corrected chi connectivity index (χ3v) is 4.57. The Kier molecular flexibility index (Phi) is 4.76. The molecule has 0 saturated heterocycles. The second-order valence-electron chi connectivity index (χ2n) is 6.52. The molecule has 5 heteroatoms. The Morgan fingerprint density at radius 2 is 1.90 bits per heavy atom. The molecule has 0 aliphatic heterocycles. The third-order valence-electron chi connectivity index (χ3n) is 4.57. The fourth-order valence-corrected chi connectivity index (χ4v) is 3.05. The number of terminal acetylenes is 1. The summed E-state index contributed by atoms with van der Waals surface area (Å²) in [7, 11) is 0. The molecule has 0 unspecified atom stereocenters. The number of rotatable bonds is 3. The molecule has 2 aromatic heterocycles. The van der Waals surface area contributed by atoms with Crippen LogP contribution in [0.1, 0.15) is 22.5 Å². The van der Waals surface area contributed by atoms with Crippen LogP contribution >= 0.6 is 0 Å². The van der Waals surface area contributed by atoms with Crippen LogP contribution in [0.4, 0.5) is 4.39 Å². The van der Waals surface area contributed by atoms with E-state index in [1.165, 1.54) is 10.6 Å². The first kappa shape index (κ1) is 18.3. The molecule has 4 nitrogen and oxygen atoms in total. The van der Waals surface area contributed by atoms with Gasteiger partial charge in [0.25, 0.3) is 5.56 Å². The van der Waals surface area contributed by atoms with Gasteiger partial charge in [-0.05, 0) is 72.7 Å². The summed E-state index contributed by atoms with van der Waals surface area (Å²) in [6.07, 6.45) is 10.5. The molecule has 0 saturated carbocycles. The minimum Gasteiger partial charge on any atom is -0.268 e. The van der Waals surface area contributed by atoms with Crippen molar-refractivity contribution in [3.63, 3.8) is 0 Å². The third kappa shape index (κ3) is 3.56. The molecule has 0 fully saturated rings. The molecule has 0 atom stereocenters. The van der Waals surface area contributed by atoms with Gasteiger partial charge >= 0.3 is 0 Å². The number of nitrogens with zero attached hydrogens (tertiary/aromatic N) is 3. The van der Waals surface area contributed by atoms with Crippen molar-refractivity contribution in [2.24, 2.45) is 0 Å². The quantitative estimate of drug-likeness (QED) is 0.495. The Bertz CT molecular complexity index is 1350. The number of aryl methyl sites for hydroxylation is 1. The van der Waals surface area contributed by atoms with Gasteiger partial charge in [0.1, 0.15) is 11.6 Å². The topological polar surface area (TPSA) is 47.8 Å². The van der Waals surface area contributed by atoms with Gasteiger partial charge in [-0.15, -0.1) is 6.42 Å². The highest BCUT2D eigenvalue weighted by Gasteiger charge is 2.11. The van der Waals surface area contributed by atoms with E-state index in [-0.39, 0.29) is 11.4 Å². The van der Waals surface area contributed by atoms with E-state index in [1.807, 2.05) is 0 Å². The summed E-state index contributed by atoms with van der Waals surface area (Å²) in [6, 6.07) is 15.3. The Morgan fingerprint density at radius 1 is 1.10 bits per heavy atom. The second-order valence-corrected chi connectivity index (χ2v) is 6.52. The molecule has 140 valence electrons. The number of pyridine rings is 1. The van der Waals surface area contributed by atoms with Crippen LogP contribution in [0.25, 0.3) is 28.9 Å². The van der Waals surface area contributed by atoms with E-state index in [0.717, 1.165) is 11.1 Å². The maximum atomic E-state index is 13.5. The van der Waals surface area contributed by atoms with E-state index in [0.29, 0.717) is 28.1 Å².